The minimum absolute atomic E-state index is 0.113. The lowest BCUT2D eigenvalue weighted by molar-refractivity contribution is -0.385. The Kier molecular flexibility index (Phi) is 12.8. The number of ether oxygens (including phenoxy) is 2. The van der Waals surface area contributed by atoms with E-state index in [0.29, 0.717) is 54.1 Å². The second kappa shape index (κ2) is 14.5. The molecule has 0 aliphatic heterocycles. The number of aliphatic hydroxyl groups excluding tert-OH is 1. The van der Waals surface area contributed by atoms with Gasteiger partial charge in [0.05, 0.1) is 23.8 Å². The Hall–Kier alpha value is -2.04. The first-order valence-corrected chi connectivity index (χ1v) is 14.9. The normalized spacial score (nSPS) is 11.4. The van der Waals surface area contributed by atoms with E-state index in [2.05, 4.69) is 33.9 Å². The fourth-order valence-corrected chi connectivity index (χ4v) is 3.87. The van der Waals surface area contributed by atoms with Crippen LogP contribution in [-0.4, -0.2) is 44.8 Å². The zero-order valence-corrected chi connectivity index (χ0v) is 23.5. The maximum absolute atomic E-state index is 11.0. The van der Waals surface area contributed by atoms with Crippen LogP contribution in [0.2, 0.25) is 28.2 Å². The molecule has 0 unspecified atom stereocenters. The van der Waals surface area contributed by atoms with Crippen LogP contribution < -0.4 is 15.2 Å². The molecule has 0 aliphatic rings. The lowest BCUT2D eigenvalue weighted by atomic mass is 10.2. The molecule has 0 fully saturated rings. The Morgan fingerprint density at radius 2 is 1.51 bits per heavy atom. The van der Waals surface area contributed by atoms with Crippen molar-refractivity contribution in [1.82, 2.24) is 0 Å². The van der Waals surface area contributed by atoms with E-state index in [1.165, 1.54) is 12.1 Å². The summed E-state index contributed by atoms with van der Waals surface area (Å²) < 4.78 is 16.8. The van der Waals surface area contributed by atoms with Crippen molar-refractivity contribution in [3.05, 3.63) is 56.6 Å². The Morgan fingerprint density at radius 3 is 2.06 bits per heavy atom. The second-order valence-electron chi connectivity index (χ2n) is 9.29. The summed E-state index contributed by atoms with van der Waals surface area (Å²) in [6, 6.07) is 9.46. The summed E-state index contributed by atoms with van der Waals surface area (Å²) in [4.78, 5) is 10.5. The first kappa shape index (κ1) is 31.0. The average molecular weight is 548 g/mol. The van der Waals surface area contributed by atoms with Crippen molar-refractivity contribution in [3.63, 3.8) is 0 Å². The van der Waals surface area contributed by atoms with E-state index in [4.69, 9.17) is 47.9 Å². The summed E-state index contributed by atoms with van der Waals surface area (Å²) in [5.41, 5.74) is 6.04. The predicted octanol–water partition coefficient (Wildman–Crippen LogP) is 6.72. The summed E-state index contributed by atoms with van der Waals surface area (Å²) in [5.74, 6) is 0.847. The van der Waals surface area contributed by atoms with E-state index in [0.717, 1.165) is 0 Å². The molecule has 0 aliphatic carbocycles. The number of nitrogens with two attached hydrogens (primary N) is 1. The third-order valence-electron chi connectivity index (χ3n) is 5.46. The number of anilines is 1. The third kappa shape index (κ3) is 11.0. The number of nitrogens with zero attached hydrogens (tertiary/aromatic N) is 1. The molecule has 2 aromatic carbocycles. The van der Waals surface area contributed by atoms with E-state index in [1.807, 2.05) is 0 Å². The average Bonchev–Trinajstić information content (AvgIpc) is 2.75. The van der Waals surface area contributed by atoms with E-state index < -0.39 is 13.2 Å². The lowest BCUT2D eigenvalue weighted by Crippen LogP contribution is -2.41. The molecule has 0 spiro atoms. The summed E-state index contributed by atoms with van der Waals surface area (Å²) in [5, 5.41) is 20.6. The van der Waals surface area contributed by atoms with Gasteiger partial charge in [-0.3, -0.25) is 10.1 Å². The molecule has 0 radical (unpaired) electrons. The standard InChI is InChI=1S/C15H24ClNO4Si.C9H12ClNO2/c1-15(2,3)22(4,5)21-10-6-9-20-14-8-7-12(16)11-13(14)17(18)19;10-7-2-3-9(8(11)6-7)13-5-1-4-12/h7-8,11H,6,9-10H2,1-5H3;2-3,6,12H,1,4-5,11H2. The van der Waals surface area contributed by atoms with E-state index in [9.17, 15) is 10.1 Å². The predicted molar refractivity (Wildman–Crippen MR) is 144 cm³/mol. The highest BCUT2D eigenvalue weighted by molar-refractivity contribution is 6.74. The van der Waals surface area contributed by atoms with E-state index >= 15 is 0 Å². The summed E-state index contributed by atoms with van der Waals surface area (Å²) in [7, 11) is -1.75. The van der Waals surface area contributed by atoms with Crippen LogP contribution in [0.25, 0.3) is 0 Å². The first-order valence-electron chi connectivity index (χ1n) is 11.3. The van der Waals surface area contributed by atoms with Crippen LogP contribution in [0.15, 0.2) is 36.4 Å². The number of halogens is 2. The van der Waals surface area contributed by atoms with Gasteiger partial charge >= 0.3 is 5.69 Å². The number of hydrogen-bond acceptors (Lipinski definition) is 7. The van der Waals surface area contributed by atoms with Crippen LogP contribution in [0.1, 0.15) is 33.6 Å². The Bertz CT molecular complexity index is 954. The van der Waals surface area contributed by atoms with Crippen LogP contribution in [0.3, 0.4) is 0 Å². The summed E-state index contributed by atoms with van der Waals surface area (Å²) in [6.07, 6.45) is 1.29. The molecule has 35 heavy (non-hydrogen) atoms. The number of nitro groups is 1. The van der Waals surface area contributed by atoms with Crippen LogP contribution in [-0.2, 0) is 4.43 Å². The minimum atomic E-state index is -1.75. The zero-order valence-electron chi connectivity index (χ0n) is 21.0. The number of benzene rings is 2. The Morgan fingerprint density at radius 1 is 0.971 bits per heavy atom. The topological polar surface area (TPSA) is 117 Å². The fraction of sp³-hybridized carbons (Fsp3) is 0.500. The van der Waals surface area contributed by atoms with Crippen molar-refractivity contribution in [1.29, 1.82) is 0 Å². The Balaban J connectivity index is 0.000000400. The molecule has 196 valence electrons. The van der Waals surface area contributed by atoms with Crippen molar-refractivity contribution < 1.29 is 23.9 Å². The second-order valence-corrected chi connectivity index (χ2v) is 15.0. The van der Waals surface area contributed by atoms with Crippen LogP contribution in [0.4, 0.5) is 11.4 Å². The highest BCUT2D eigenvalue weighted by atomic mass is 35.5. The highest BCUT2D eigenvalue weighted by Gasteiger charge is 2.36. The molecule has 2 aromatic rings. The number of aliphatic hydroxyl groups is 1. The van der Waals surface area contributed by atoms with Crippen LogP contribution >= 0.6 is 23.2 Å². The highest BCUT2D eigenvalue weighted by Crippen LogP contribution is 2.36. The zero-order chi connectivity index (χ0) is 26.6. The quantitative estimate of drug-likeness (QED) is 0.105. The minimum Gasteiger partial charge on any atom is -0.491 e. The van der Waals surface area contributed by atoms with Crippen molar-refractivity contribution in [2.24, 2.45) is 0 Å². The van der Waals surface area contributed by atoms with Crippen LogP contribution in [0, 0.1) is 10.1 Å². The third-order valence-corrected chi connectivity index (χ3v) is 10.5. The van der Waals surface area contributed by atoms with Gasteiger partial charge in [-0.1, -0.05) is 44.0 Å². The number of rotatable bonds is 11. The summed E-state index contributed by atoms with van der Waals surface area (Å²) in [6.45, 7) is 12.5. The van der Waals surface area contributed by atoms with Gasteiger partial charge in [0.1, 0.15) is 5.75 Å². The van der Waals surface area contributed by atoms with Gasteiger partial charge in [0.15, 0.2) is 14.1 Å². The molecular formula is C24H36Cl2N2O6Si. The molecule has 3 N–H and O–H groups in total. The van der Waals surface area contributed by atoms with Crippen molar-refractivity contribution in [3.8, 4) is 11.5 Å². The molecule has 0 bridgehead atoms. The van der Waals surface area contributed by atoms with Gasteiger partial charge in [0.2, 0.25) is 0 Å². The molecule has 0 atom stereocenters. The van der Waals surface area contributed by atoms with Gasteiger partial charge in [0, 0.05) is 42.2 Å². The molecule has 8 nitrogen and oxygen atoms in total. The van der Waals surface area contributed by atoms with E-state index in [-0.39, 0.29) is 23.1 Å². The van der Waals surface area contributed by atoms with Crippen molar-refractivity contribution >= 4 is 42.9 Å². The Labute approximate surface area is 218 Å². The van der Waals surface area contributed by atoms with Gasteiger partial charge < -0.3 is 24.7 Å². The van der Waals surface area contributed by atoms with Gasteiger partial charge in [-0.2, -0.15) is 0 Å². The lowest BCUT2D eigenvalue weighted by Gasteiger charge is -2.36. The maximum Gasteiger partial charge on any atom is 0.312 e. The largest absolute Gasteiger partial charge is 0.491 e. The first-order chi connectivity index (χ1) is 16.3. The number of nitrogen functional groups attached to an aromatic ring is 1. The van der Waals surface area contributed by atoms with Crippen molar-refractivity contribution in [2.45, 2.75) is 51.7 Å². The smallest absolute Gasteiger partial charge is 0.312 e. The molecule has 0 saturated carbocycles. The molecule has 0 saturated heterocycles. The van der Waals surface area contributed by atoms with Gasteiger partial charge in [-0.25, -0.2) is 0 Å². The molecule has 0 aromatic heterocycles. The fourth-order valence-electron chi connectivity index (χ4n) is 2.44. The molecule has 2 rings (SSSR count). The van der Waals surface area contributed by atoms with Gasteiger partial charge in [-0.05, 0) is 48.5 Å². The van der Waals surface area contributed by atoms with Crippen LogP contribution in [0.5, 0.6) is 11.5 Å². The molecule has 0 heterocycles. The van der Waals surface area contributed by atoms with Gasteiger partial charge in [-0.15, -0.1) is 0 Å². The van der Waals surface area contributed by atoms with Gasteiger partial charge in [0.25, 0.3) is 0 Å². The van der Waals surface area contributed by atoms with E-state index in [1.54, 1.807) is 24.3 Å². The number of hydrogen-bond donors (Lipinski definition) is 2. The molecule has 0 amide bonds. The van der Waals surface area contributed by atoms with Crippen molar-refractivity contribution in [2.75, 3.05) is 32.2 Å². The molecule has 11 heteroatoms. The summed E-state index contributed by atoms with van der Waals surface area (Å²) >= 11 is 11.5. The maximum atomic E-state index is 11.0. The number of nitro benzene ring substituents is 1. The monoisotopic (exact) mass is 546 g/mol. The molecular weight excluding hydrogens is 511 g/mol. The SMILES string of the molecule is CC(C)(C)[Si](C)(C)OCCCOc1ccc(Cl)cc1[N+](=O)[O-].Nc1cc(Cl)ccc1OCCCO.